The first-order valence-corrected chi connectivity index (χ1v) is 5.86. The van der Waals surface area contributed by atoms with Crippen molar-refractivity contribution >= 4 is 18.3 Å². The number of nitrogens with two attached hydrogens (primary N) is 1. The molecule has 1 aromatic carbocycles. The van der Waals surface area contributed by atoms with E-state index >= 15 is 0 Å². The predicted molar refractivity (Wildman–Crippen MR) is 75.2 cm³/mol. The van der Waals surface area contributed by atoms with E-state index in [2.05, 4.69) is 5.32 Å². The number of carbonyl (C=O) groups is 1. The van der Waals surface area contributed by atoms with Gasteiger partial charge in [-0.2, -0.15) is 0 Å². The van der Waals surface area contributed by atoms with E-state index < -0.39 is 0 Å². The van der Waals surface area contributed by atoms with Gasteiger partial charge in [0.15, 0.2) is 0 Å². The van der Waals surface area contributed by atoms with Gasteiger partial charge in [-0.3, -0.25) is 4.79 Å². The van der Waals surface area contributed by atoms with Crippen LogP contribution in [-0.4, -0.2) is 26.1 Å². The molecule has 0 fully saturated rings. The summed E-state index contributed by atoms with van der Waals surface area (Å²) >= 11 is 0. The highest BCUT2D eigenvalue weighted by Gasteiger charge is 1.98. The van der Waals surface area contributed by atoms with Gasteiger partial charge in [-0.15, -0.1) is 12.4 Å². The summed E-state index contributed by atoms with van der Waals surface area (Å²) in [4.78, 5) is 11.1. The van der Waals surface area contributed by atoms with Gasteiger partial charge >= 0.3 is 0 Å². The van der Waals surface area contributed by atoms with Crippen molar-refractivity contribution in [3.63, 3.8) is 0 Å². The molecule has 4 nitrogen and oxygen atoms in total. The number of aryl methyl sites for hydroxylation is 1. The Hall–Kier alpha value is -1.26. The number of halogens is 1. The van der Waals surface area contributed by atoms with E-state index in [4.69, 9.17) is 10.5 Å². The molecule has 0 aliphatic rings. The summed E-state index contributed by atoms with van der Waals surface area (Å²) in [7, 11) is 1.65. The fourth-order valence-corrected chi connectivity index (χ4v) is 1.53. The van der Waals surface area contributed by atoms with Crippen LogP contribution in [0.15, 0.2) is 24.3 Å². The van der Waals surface area contributed by atoms with Gasteiger partial charge in [0, 0.05) is 19.5 Å². The number of hydrogen-bond acceptors (Lipinski definition) is 3. The van der Waals surface area contributed by atoms with Crippen molar-refractivity contribution in [2.75, 3.05) is 20.2 Å². The molecule has 1 aromatic rings. The molecule has 0 atom stereocenters. The van der Waals surface area contributed by atoms with Crippen molar-refractivity contribution < 1.29 is 9.53 Å². The molecule has 0 saturated carbocycles. The zero-order chi connectivity index (χ0) is 12.5. The Labute approximate surface area is 114 Å². The molecule has 0 aliphatic heterocycles. The third-order valence-corrected chi connectivity index (χ3v) is 2.49. The standard InChI is InChI=1S/C13H20N2O2.ClH/c1-17-12-6-4-11(5-7-12)3-2-10-15-13(16)8-9-14;/h4-7H,2-3,8-10,14H2,1H3,(H,15,16);1H. The number of rotatable bonds is 7. The molecule has 0 radical (unpaired) electrons. The van der Waals surface area contributed by atoms with Gasteiger partial charge in [-0.1, -0.05) is 12.1 Å². The Bertz CT molecular complexity index is 341. The molecule has 0 bridgehead atoms. The Morgan fingerprint density at radius 2 is 2.00 bits per heavy atom. The maximum atomic E-state index is 11.1. The normalized spacial score (nSPS) is 9.44. The predicted octanol–water partition coefficient (Wildman–Crippen LogP) is 1.51. The summed E-state index contributed by atoms with van der Waals surface area (Å²) in [6.45, 7) is 1.11. The molecular formula is C13H21ClN2O2. The fourth-order valence-electron chi connectivity index (χ4n) is 1.53. The molecule has 5 heteroatoms. The zero-order valence-electron chi connectivity index (χ0n) is 10.6. The minimum absolute atomic E-state index is 0. The largest absolute Gasteiger partial charge is 0.497 e. The molecule has 18 heavy (non-hydrogen) atoms. The lowest BCUT2D eigenvalue weighted by atomic mass is 10.1. The fraction of sp³-hybridized carbons (Fsp3) is 0.462. The monoisotopic (exact) mass is 272 g/mol. The van der Waals surface area contributed by atoms with Gasteiger partial charge in [0.25, 0.3) is 0 Å². The number of amides is 1. The minimum atomic E-state index is 0. The number of hydrogen-bond donors (Lipinski definition) is 2. The van der Waals surface area contributed by atoms with E-state index in [1.54, 1.807) is 7.11 Å². The van der Waals surface area contributed by atoms with Crippen molar-refractivity contribution in [2.45, 2.75) is 19.3 Å². The van der Waals surface area contributed by atoms with Crippen LogP contribution in [0, 0.1) is 0 Å². The molecule has 0 spiro atoms. The van der Waals surface area contributed by atoms with Gasteiger partial charge in [-0.05, 0) is 30.5 Å². The second-order valence-corrected chi connectivity index (χ2v) is 3.84. The molecule has 1 rings (SSSR count). The third-order valence-electron chi connectivity index (χ3n) is 2.49. The average Bonchev–Trinajstić information content (AvgIpc) is 2.36. The molecule has 0 aromatic heterocycles. The number of nitrogens with one attached hydrogen (secondary N) is 1. The molecule has 102 valence electrons. The number of ether oxygens (including phenoxy) is 1. The maximum absolute atomic E-state index is 11.1. The van der Waals surface area contributed by atoms with Gasteiger partial charge in [0.2, 0.25) is 5.91 Å². The lowest BCUT2D eigenvalue weighted by Crippen LogP contribution is -2.26. The topological polar surface area (TPSA) is 64.3 Å². The smallest absolute Gasteiger partial charge is 0.221 e. The molecule has 0 aliphatic carbocycles. The van der Waals surface area contributed by atoms with Crippen LogP contribution in [0.2, 0.25) is 0 Å². The zero-order valence-corrected chi connectivity index (χ0v) is 11.5. The first-order chi connectivity index (χ1) is 8.26. The summed E-state index contributed by atoms with van der Waals surface area (Å²) < 4.78 is 5.08. The van der Waals surface area contributed by atoms with E-state index in [9.17, 15) is 4.79 Å². The van der Waals surface area contributed by atoms with Crippen LogP contribution < -0.4 is 15.8 Å². The quantitative estimate of drug-likeness (QED) is 0.740. The van der Waals surface area contributed by atoms with Gasteiger partial charge in [0.1, 0.15) is 5.75 Å². The van der Waals surface area contributed by atoms with Crippen LogP contribution in [0.5, 0.6) is 5.75 Å². The maximum Gasteiger partial charge on any atom is 0.221 e. The lowest BCUT2D eigenvalue weighted by Gasteiger charge is -2.05. The van der Waals surface area contributed by atoms with Crippen LogP contribution in [0.1, 0.15) is 18.4 Å². The van der Waals surface area contributed by atoms with Crippen molar-refractivity contribution in [3.8, 4) is 5.75 Å². The lowest BCUT2D eigenvalue weighted by molar-refractivity contribution is -0.120. The number of benzene rings is 1. The summed E-state index contributed by atoms with van der Waals surface area (Å²) in [5.74, 6) is 0.896. The highest BCUT2D eigenvalue weighted by atomic mass is 35.5. The summed E-state index contributed by atoms with van der Waals surface area (Å²) in [5.41, 5.74) is 6.53. The second-order valence-electron chi connectivity index (χ2n) is 3.84. The van der Waals surface area contributed by atoms with Gasteiger partial charge in [0.05, 0.1) is 7.11 Å². The van der Waals surface area contributed by atoms with Crippen molar-refractivity contribution in [1.82, 2.24) is 5.32 Å². The van der Waals surface area contributed by atoms with E-state index in [0.717, 1.165) is 18.6 Å². The molecule has 0 heterocycles. The van der Waals surface area contributed by atoms with E-state index in [0.29, 0.717) is 19.5 Å². The van der Waals surface area contributed by atoms with Crippen molar-refractivity contribution in [3.05, 3.63) is 29.8 Å². The third kappa shape index (κ3) is 6.47. The Balaban J connectivity index is 0.00000289. The average molecular weight is 273 g/mol. The number of methoxy groups -OCH3 is 1. The first-order valence-electron chi connectivity index (χ1n) is 5.86. The summed E-state index contributed by atoms with van der Waals surface area (Å²) in [5, 5.41) is 2.83. The Kier molecular flexibility index (Phi) is 9.06. The van der Waals surface area contributed by atoms with E-state index in [1.165, 1.54) is 5.56 Å². The highest BCUT2D eigenvalue weighted by molar-refractivity contribution is 5.85. The van der Waals surface area contributed by atoms with Crippen LogP contribution in [0.3, 0.4) is 0 Å². The first kappa shape index (κ1) is 16.7. The molecule has 0 unspecified atom stereocenters. The van der Waals surface area contributed by atoms with Crippen LogP contribution in [-0.2, 0) is 11.2 Å². The van der Waals surface area contributed by atoms with E-state index in [1.807, 2.05) is 24.3 Å². The second kappa shape index (κ2) is 9.74. The summed E-state index contributed by atoms with van der Waals surface area (Å²) in [6.07, 6.45) is 2.29. The Morgan fingerprint density at radius 1 is 1.33 bits per heavy atom. The Morgan fingerprint density at radius 3 is 2.56 bits per heavy atom. The molecule has 1 amide bonds. The minimum Gasteiger partial charge on any atom is -0.497 e. The van der Waals surface area contributed by atoms with Crippen molar-refractivity contribution in [2.24, 2.45) is 5.73 Å². The SMILES string of the molecule is COc1ccc(CCCNC(=O)CCN)cc1.Cl. The summed E-state index contributed by atoms with van der Waals surface area (Å²) in [6, 6.07) is 7.98. The molecule has 0 saturated heterocycles. The van der Waals surface area contributed by atoms with E-state index in [-0.39, 0.29) is 18.3 Å². The van der Waals surface area contributed by atoms with Crippen LogP contribution >= 0.6 is 12.4 Å². The number of carbonyl (C=O) groups excluding carboxylic acids is 1. The molecular weight excluding hydrogens is 252 g/mol. The van der Waals surface area contributed by atoms with Crippen molar-refractivity contribution in [1.29, 1.82) is 0 Å². The van der Waals surface area contributed by atoms with Gasteiger partial charge in [-0.25, -0.2) is 0 Å². The van der Waals surface area contributed by atoms with Crippen LogP contribution in [0.4, 0.5) is 0 Å². The highest BCUT2D eigenvalue weighted by Crippen LogP contribution is 2.12. The van der Waals surface area contributed by atoms with Crippen LogP contribution in [0.25, 0.3) is 0 Å². The molecule has 3 N–H and O–H groups in total. The van der Waals surface area contributed by atoms with Gasteiger partial charge < -0.3 is 15.8 Å².